The Labute approximate surface area is 146 Å². The minimum atomic E-state index is -0.393. The molecule has 2 fully saturated rings. The van der Waals surface area contributed by atoms with Gasteiger partial charge in [0.05, 0.1) is 17.8 Å². The number of hydrogen-bond donors (Lipinski definition) is 2. The fraction of sp³-hybridized carbons (Fsp3) is 0.533. The van der Waals surface area contributed by atoms with E-state index in [-0.39, 0.29) is 30.1 Å². The standard InChI is InChI=1S/C15H20N4O2S.ClH/c16-13-6-5-11(7-17-13)18-14(20)12-8-22-9-19(12)15(21)10-3-1-2-4-10;/h5-7,10,12H,1-4,8-9H2,(H2,16,17)(H,18,20);1H. The molecule has 23 heavy (non-hydrogen) atoms. The number of nitrogen functional groups attached to an aromatic ring is 1. The second-order valence-electron chi connectivity index (χ2n) is 5.77. The van der Waals surface area contributed by atoms with Gasteiger partial charge >= 0.3 is 0 Å². The van der Waals surface area contributed by atoms with E-state index in [0.717, 1.165) is 25.7 Å². The predicted molar refractivity (Wildman–Crippen MR) is 94.4 cm³/mol. The smallest absolute Gasteiger partial charge is 0.248 e. The van der Waals surface area contributed by atoms with Gasteiger partial charge in [0.15, 0.2) is 0 Å². The largest absolute Gasteiger partial charge is 0.384 e. The molecule has 3 rings (SSSR count). The van der Waals surface area contributed by atoms with Crippen LogP contribution in [-0.2, 0) is 9.59 Å². The van der Waals surface area contributed by atoms with E-state index in [1.54, 1.807) is 28.8 Å². The van der Waals surface area contributed by atoms with Crippen molar-refractivity contribution < 1.29 is 9.59 Å². The Kier molecular flexibility index (Phi) is 6.12. The van der Waals surface area contributed by atoms with Crippen molar-refractivity contribution in [3.8, 4) is 0 Å². The van der Waals surface area contributed by atoms with Gasteiger partial charge in [0.2, 0.25) is 11.8 Å². The molecule has 2 aliphatic rings. The van der Waals surface area contributed by atoms with Gasteiger partial charge in [-0.25, -0.2) is 4.98 Å². The molecule has 0 radical (unpaired) electrons. The average molecular weight is 357 g/mol. The quantitative estimate of drug-likeness (QED) is 0.866. The van der Waals surface area contributed by atoms with E-state index in [4.69, 9.17) is 5.73 Å². The van der Waals surface area contributed by atoms with Gasteiger partial charge in [0, 0.05) is 11.7 Å². The number of amides is 2. The van der Waals surface area contributed by atoms with E-state index >= 15 is 0 Å². The Morgan fingerprint density at radius 1 is 1.30 bits per heavy atom. The molecule has 126 valence electrons. The number of rotatable bonds is 3. The Bertz CT molecular complexity index is 563. The van der Waals surface area contributed by atoms with E-state index in [0.29, 0.717) is 23.1 Å². The topological polar surface area (TPSA) is 88.3 Å². The van der Waals surface area contributed by atoms with Crippen LogP contribution in [0, 0.1) is 5.92 Å². The molecule has 1 aliphatic heterocycles. The Hall–Kier alpha value is -1.47. The first-order valence-corrected chi connectivity index (χ1v) is 8.71. The lowest BCUT2D eigenvalue weighted by Gasteiger charge is -2.25. The summed E-state index contributed by atoms with van der Waals surface area (Å²) in [5.74, 6) is 1.75. The number of carbonyl (C=O) groups is 2. The van der Waals surface area contributed by atoms with Gasteiger partial charge in [-0.15, -0.1) is 24.2 Å². The summed E-state index contributed by atoms with van der Waals surface area (Å²) in [6, 6.07) is 2.96. The normalized spacial score (nSPS) is 21.0. The van der Waals surface area contributed by atoms with Crippen LogP contribution in [0.3, 0.4) is 0 Å². The second-order valence-corrected chi connectivity index (χ2v) is 6.77. The summed E-state index contributed by atoms with van der Waals surface area (Å²) in [4.78, 5) is 30.7. The van der Waals surface area contributed by atoms with E-state index in [1.807, 2.05) is 0 Å². The number of thioether (sulfide) groups is 1. The fourth-order valence-electron chi connectivity index (χ4n) is 2.99. The highest BCUT2D eigenvalue weighted by molar-refractivity contribution is 7.99. The van der Waals surface area contributed by atoms with Crippen molar-refractivity contribution in [2.24, 2.45) is 5.92 Å². The van der Waals surface area contributed by atoms with Gasteiger partial charge in [-0.05, 0) is 25.0 Å². The van der Waals surface area contributed by atoms with Crippen molar-refractivity contribution in [1.29, 1.82) is 0 Å². The number of nitrogens with two attached hydrogens (primary N) is 1. The molecule has 1 saturated heterocycles. The van der Waals surface area contributed by atoms with E-state index in [9.17, 15) is 9.59 Å². The van der Waals surface area contributed by atoms with Crippen LogP contribution in [0.1, 0.15) is 25.7 Å². The Morgan fingerprint density at radius 3 is 2.70 bits per heavy atom. The van der Waals surface area contributed by atoms with Crippen molar-refractivity contribution in [2.75, 3.05) is 22.7 Å². The van der Waals surface area contributed by atoms with Crippen molar-refractivity contribution in [3.63, 3.8) is 0 Å². The molecule has 6 nitrogen and oxygen atoms in total. The molecule has 8 heteroatoms. The Morgan fingerprint density at radius 2 is 2.04 bits per heavy atom. The molecular formula is C15H21ClN4O2S. The predicted octanol–water partition coefficient (Wildman–Crippen LogP) is 2.12. The highest BCUT2D eigenvalue weighted by atomic mass is 35.5. The number of pyridine rings is 1. The lowest BCUT2D eigenvalue weighted by molar-refractivity contribution is -0.139. The third-order valence-corrected chi connectivity index (χ3v) is 5.24. The van der Waals surface area contributed by atoms with Crippen LogP contribution >= 0.6 is 24.2 Å². The molecule has 1 aromatic heterocycles. The van der Waals surface area contributed by atoms with E-state index in [2.05, 4.69) is 10.3 Å². The number of anilines is 2. The van der Waals surface area contributed by atoms with Crippen molar-refractivity contribution >= 4 is 47.5 Å². The summed E-state index contributed by atoms with van der Waals surface area (Å²) in [5, 5.41) is 2.82. The first kappa shape index (κ1) is 17.9. The number of halogens is 1. The lowest BCUT2D eigenvalue weighted by atomic mass is 10.1. The van der Waals surface area contributed by atoms with Crippen molar-refractivity contribution in [3.05, 3.63) is 18.3 Å². The van der Waals surface area contributed by atoms with Crippen LogP contribution in [0.5, 0.6) is 0 Å². The lowest BCUT2D eigenvalue weighted by Crippen LogP contribution is -2.46. The van der Waals surface area contributed by atoms with Crippen LogP contribution in [0.25, 0.3) is 0 Å². The van der Waals surface area contributed by atoms with Gasteiger partial charge in [-0.2, -0.15) is 0 Å². The molecule has 2 heterocycles. The molecule has 1 aliphatic carbocycles. The molecule has 1 unspecified atom stereocenters. The SMILES string of the molecule is Cl.Nc1ccc(NC(=O)C2CSCN2C(=O)C2CCCC2)cn1. The van der Waals surface area contributed by atoms with Gasteiger partial charge in [0.25, 0.3) is 0 Å². The van der Waals surface area contributed by atoms with Gasteiger partial charge in [-0.1, -0.05) is 12.8 Å². The number of nitrogens with zero attached hydrogens (tertiary/aromatic N) is 2. The molecule has 1 atom stereocenters. The third kappa shape index (κ3) is 4.09. The number of carbonyl (C=O) groups excluding carboxylic acids is 2. The number of hydrogen-bond acceptors (Lipinski definition) is 5. The average Bonchev–Trinajstić information content (AvgIpc) is 3.20. The summed E-state index contributed by atoms with van der Waals surface area (Å²) in [6.07, 6.45) is 5.67. The number of nitrogens with one attached hydrogen (secondary N) is 1. The molecule has 0 aromatic carbocycles. The van der Waals surface area contributed by atoms with Crippen LogP contribution in [0.15, 0.2) is 18.3 Å². The molecule has 3 N–H and O–H groups in total. The zero-order chi connectivity index (χ0) is 15.5. The molecule has 1 aromatic rings. The Balaban J connectivity index is 0.00000192. The highest BCUT2D eigenvalue weighted by Gasteiger charge is 2.38. The first-order valence-electron chi connectivity index (χ1n) is 7.56. The molecule has 0 bridgehead atoms. The van der Waals surface area contributed by atoms with Crippen LogP contribution < -0.4 is 11.1 Å². The zero-order valence-corrected chi connectivity index (χ0v) is 14.4. The summed E-state index contributed by atoms with van der Waals surface area (Å²) in [7, 11) is 0. The summed E-state index contributed by atoms with van der Waals surface area (Å²) in [6.45, 7) is 0. The third-order valence-electron chi connectivity index (χ3n) is 4.23. The van der Waals surface area contributed by atoms with Crippen LogP contribution in [0.4, 0.5) is 11.5 Å². The summed E-state index contributed by atoms with van der Waals surface area (Å²) in [5.41, 5.74) is 6.13. The van der Waals surface area contributed by atoms with Gasteiger partial charge in [-0.3, -0.25) is 9.59 Å². The van der Waals surface area contributed by atoms with Gasteiger partial charge in [0.1, 0.15) is 11.9 Å². The van der Waals surface area contributed by atoms with Crippen molar-refractivity contribution in [2.45, 2.75) is 31.7 Å². The van der Waals surface area contributed by atoms with Crippen LogP contribution in [0.2, 0.25) is 0 Å². The maximum Gasteiger partial charge on any atom is 0.248 e. The van der Waals surface area contributed by atoms with Gasteiger partial charge < -0.3 is 16.0 Å². The maximum absolute atomic E-state index is 12.6. The summed E-state index contributed by atoms with van der Waals surface area (Å²) < 4.78 is 0. The number of aromatic nitrogens is 1. The monoisotopic (exact) mass is 356 g/mol. The van der Waals surface area contributed by atoms with Crippen LogP contribution in [-0.4, -0.2) is 39.4 Å². The second kappa shape index (κ2) is 7.88. The fourth-order valence-corrected chi connectivity index (χ4v) is 4.15. The molecule has 1 saturated carbocycles. The minimum Gasteiger partial charge on any atom is -0.384 e. The van der Waals surface area contributed by atoms with E-state index < -0.39 is 6.04 Å². The maximum atomic E-state index is 12.6. The molecule has 0 spiro atoms. The molecular weight excluding hydrogens is 336 g/mol. The summed E-state index contributed by atoms with van der Waals surface area (Å²) >= 11 is 1.63. The highest BCUT2D eigenvalue weighted by Crippen LogP contribution is 2.31. The zero-order valence-electron chi connectivity index (χ0n) is 12.7. The van der Waals surface area contributed by atoms with E-state index in [1.165, 1.54) is 6.20 Å². The molecule has 2 amide bonds. The first-order chi connectivity index (χ1) is 10.6. The minimum absolute atomic E-state index is 0. The van der Waals surface area contributed by atoms with Crippen molar-refractivity contribution in [1.82, 2.24) is 9.88 Å².